The number of ether oxygens (including phenoxy) is 3. The number of hydrogen-bond acceptors (Lipinski definition) is 8. The van der Waals surface area contributed by atoms with Crippen LogP contribution in [0.25, 0.3) is 11.0 Å². The summed E-state index contributed by atoms with van der Waals surface area (Å²) in [5.41, 5.74) is 1.00. The first-order chi connectivity index (χ1) is 15.1. The van der Waals surface area contributed by atoms with E-state index in [2.05, 4.69) is 10.3 Å². The van der Waals surface area contributed by atoms with Crippen molar-refractivity contribution in [2.45, 2.75) is 11.8 Å². The lowest BCUT2D eigenvalue weighted by Gasteiger charge is -2.26. The summed E-state index contributed by atoms with van der Waals surface area (Å²) >= 11 is 0. The van der Waals surface area contributed by atoms with Crippen molar-refractivity contribution in [1.82, 2.24) is 19.5 Å². The number of rotatable bonds is 9. The standard InChI is InChI=1S/C20H24N4O6S/c1-2-28-16-3-5-17(6-4-16)29-13-14-30-24-20-15-18(7-8-19(20)21-22-24)31(25,26)23-9-11-27-12-10-23/h3-8,15H,2,9-14H2,1H3. The second-order valence-electron chi connectivity index (χ2n) is 6.72. The average Bonchev–Trinajstić information content (AvgIpc) is 3.21. The van der Waals surface area contributed by atoms with Crippen LogP contribution in [0.2, 0.25) is 0 Å². The van der Waals surface area contributed by atoms with E-state index in [1.807, 2.05) is 31.2 Å². The van der Waals surface area contributed by atoms with Gasteiger partial charge in [0.25, 0.3) is 0 Å². The Balaban J connectivity index is 1.39. The fourth-order valence-corrected chi connectivity index (χ4v) is 4.58. The maximum Gasteiger partial charge on any atom is 0.243 e. The van der Waals surface area contributed by atoms with Gasteiger partial charge in [0.15, 0.2) is 6.61 Å². The van der Waals surface area contributed by atoms with E-state index in [1.165, 1.54) is 21.3 Å². The predicted molar refractivity (Wildman–Crippen MR) is 112 cm³/mol. The highest BCUT2D eigenvalue weighted by molar-refractivity contribution is 7.89. The minimum atomic E-state index is -3.62. The number of aromatic nitrogens is 3. The molecule has 1 aliphatic rings. The van der Waals surface area contributed by atoms with Crippen LogP contribution >= 0.6 is 0 Å². The Labute approximate surface area is 180 Å². The van der Waals surface area contributed by atoms with Gasteiger partial charge in [-0.15, -0.1) is 5.10 Å². The first kappa shape index (κ1) is 21.3. The third-order valence-electron chi connectivity index (χ3n) is 4.69. The van der Waals surface area contributed by atoms with E-state index in [4.69, 9.17) is 19.0 Å². The lowest BCUT2D eigenvalue weighted by atomic mass is 10.3. The zero-order chi connectivity index (χ0) is 21.7. The molecule has 11 heteroatoms. The number of morpholine rings is 1. The Bertz CT molecular complexity index is 1110. The molecular weight excluding hydrogens is 424 g/mol. The molecule has 4 rings (SSSR count). The molecule has 166 valence electrons. The van der Waals surface area contributed by atoms with Crippen LogP contribution in [0.15, 0.2) is 47.4 Å². The van der Waals surface area contributed by atoms with E-state index in [9.17, 15) is 8.42 Å². The SMILES string of the molecule is CCOc1ccc(OCCOn2nnc3ccc(S(=O)(=O)N4CCOCC4)cc32)cc1. The van der Waals surface area contributed by atoms with Crippen LogP contribution < -0.4 is 14.3 Å². The minimum absolute atomic E-state index is 0.166. The Kier molecular flexibility index (Phi) is 6.54. The zero-order valence-corrected chi connectivity index (χ0v) is 18.0. The van der Waals surface area contributed by atoms with Gasteiger partial charge >= 0.3 is 0 Å². The van der Waals surface area contributed by atoms with Crippen molar-refractivity contribution in [1.29, 1.82) is 0 Å². The molecule has 1 fully saturated rings. The van der Waals surface area contributed by atoms with Gasteiger partial charge in [-0.05, 0) is 54.6 Å². The lowest BCUT2D eigenvalue weighted by Crippen LogP contribution is -2.40. The van der Waals surface area contributed by atoms with Crippen molar-refractivity contribution in [3.05, 3.63) is 42.5 Å². The number of sulfonamides is 1. The van der Waals surface area contributed by atoms with E-state index in [0.29, 0.717) is 49.7 Å². The summed E-state index contributed by atoms with van der Waals surface area (Å²) < 4.78 is 43.5. The third kappa shape index (κ3) is 4.89. The molecule has 3 aromatic rings. The van der Waals surface area contributed by atoms with Crippen molar-refractivity contribution in [3.8, 4) is 11.5 Å². The molecule has 0 bridgehead atoms. The van der Waals surface area contributed by atoms with Crippen LogP contribution in [0, 0.1) is 0 Å². The van der Waals surface area contributed by atoms with Crippen molar-refractivity contribution in [2.75, 3.05) is 46.1 Å². The Morgan fingerprint density at radius 1 is 1.00 bits per heavy atom. The maximum absolute atomic E-state index is 12.9. The molecule has 2 heterocycles. The summed E-state index contributed by atoms with van der Waals surface area (Å²) in [5.74, 6) is 1.47. The highest BCUT2D eigenvalue weighted by Crippen LogP contribution is 2.21. The lowest BCUT2D eigenvalue weighted by molar-refractivity contribution is 0.0639. The summed E-state index contributed by atoms with van der Waals surface area (Å²) in [6, 6.07) is 12.0. The van der Waals surface area contributed by atoms with Crippen LogP contribution in [0.1, 0.15) is 6.92 Å². The molecule has 10 nitrogen and oxygen atoms in total. The summed E-state index contributed by atoms with van der Waals surface area (Å²) in [6.07, 6.45) is 0. The van der Waals surface area contributed by atoms with Gasteiger partial charge in [-0.1, -0.05) is 4.85 Å². The van der Waals surface area contributed by atoms with Crippen LogP contribution in [-0.4, -0.2) is 74.0 Å². The van der Waals surface area contributed by atoms with Crippen molar-refractivity contribution in [3.63, 3.8) is 0 Å². The van der Waals surface area contributed by atoms with Crippen LogP contribution in [0.4, 0.5) is 0 Å². The third-order valence-corrected chi connectivity index (χ3v) is 6.59. The first-order valence-electron chi connectivity index (χ1n) is 10.0. The van der Waals surface area contributed by atoms with Crippen molar-refractivity contribution in [2.24, 2.45) is 0 Å². The van der Waals surface area contributed by atoms with E-state index >= 15 is 0 Å². The zero-order valence-electron chi connectivity index (χ0n) is 17.1. The maximum atomic E-state index is 12.9. The Morgan fingerprint density at radius 2 is 1.71 bits per heavy atom. The molecule has 1 saturated heterocycles. The highest BCUT2D eigenvalue weighted by Gasteiger charge is 2.27. The predicted octanol–water partition coefficient (Wildman–Crippen LogP) is 1.36. The molecule has 1 aliphatic heterocycles. The summed E-state index contributed by atoms with van der Waals surface area (Å²) in [6.45, 7) is 4.45. The monoisotopic (exact) mass is 448 g/mol. The largest absolute Gasteiger partial charge is 0.494 e. The Hall–Kier alpha value is -2.89. The van der Waals surface area contributed by atoms with Crippen molar-refractivity contribution >= 4 is 21.1 Å². The molecule has 0 spiro atoms. The molecule has 0 unspecified atom stereocenters. The highest BCUT2D eigenvalue weighted by atomic mass is 32.2. The van der Waals surface area contributed by atoms with Crippen molar-refractivity contribution < 1.29 is 27.5 Å². The summed E-state index contributed by atoms with van der Waals surface area (Å²) in [4.78, 5) is 7.01. The number of fused-ring (bicyclic) bond motifs is 1. The van der Waals surface area contributed by atoms with E-state index in [1.54, 1.807) is 6.07 Å². The van der Waals surface area contributed by atoms with Gasteiger partial charge in [0, 0.05) is 13.1 Å². The van der Waals surface area contributed by atoms with Crippen LogP contribution in [0.3, 0.4) is 0 Å². The molecule has 31 heavy (non-hydrogen) atoms. The molecule has 0 radical (unpaired) electrons. The van der Waals surface area contributed by atoms with Gasteiger partial charge in [0.2, 0.25) is 10.0 Å². The van der Waals surface area contributed by atoms with E-state index in [-0.39, 0.29) is 18.1 Å². The number of hydrogen-bond donors (Lipinski definition) is 0. The molecule has 1 aromatic heterocycles. The fourth-order valence-electron chi connectivity index (χ4n) is 3.15. The first-order valence-corrected chi connectivity index (χ1v) is 11.4. The second kappa shape index (κ2) is 9.50. The normalized spacial score (nSPS) is 15.1. The molecule has 2 aromatic carbocycles. The topological polar surface area (TPSA) is 105 Å². The van der Waals surface area contributed by atoms with Gasteiger partial charge in [-0.2, -0.15) is 4.31 Å². The molecule has 0 aliphatic carbocycles. The van der Waals surface area contributed by atoms with Gasteiger partial charge in [-0.3, -0.25) is 0 Å². The molecular formula is C20H24N4O6S. The van der Waals surface area contributed by atoms with Gasteiger partial charge in [0.05, 0.1) is 24.7 Å². The number of nitrogens with zero attached hydrogens (tertiary/aromatic N) is 4. The quantitative estimate of drug-likeness (QED) is 0.452. The smallest absolute Gasteiger partial charge is 0.243 e. The molecule has 0 atom stereocenters. The van der Waals surface area contributed by atoms with Gasteiger partial charge < -0.3 is 19.0 Å². The second-order valence-corrected chi connectivity index (χ2v) is 8.65. The molecule has 0 N–H and O–H groups in total. The molecule has 0 amide bonds. The van der Waals surface area contributed by atoms with Gasteiger partial charge in [-0.25, -0.2) is 8.42 Å². The minimum Gasteiger partial charge on any atom is -0.494 e. The van der Waals surface area contributed by atoms with E-state index < -0.39 is 10.0 Å². The molecule has 0 saturated carbocycles. The summed E-state index contributed by atoms with van der Waals surface area (Å²) in [5, 5.41) is 7.97. The Morgan fingerprint density at radius 3 is 2.42 bits per heavy atom. The number of benzene rings is 2. The summed E-state index contributed by atoms with van der Waals surface area (Å²) in [7, 11) is -3.62. The van der Waals surface area contributed by atoms with E-state index in [0.717, 1.165) is 5.75 Å². The van der Waals surface area contributed by atoms with Crippen LogP contribution in [-0.2, 0) is 14.8 Å². The average molecular weight is 449 g/mol. The van der Waals surface area contributed by atoms with Gasteiger partial charge in [0.1, 0.15) is 29.1 Å². The fraction of sp³-hybridized carbons (Fsp3) is 0.400. The van der Waals surface area contributed by atoms with Crippen LogP contribution in [0.5, 0.6) is 11.5 Å².